The molecule has 7 aromatic rings. The summed E-state index contributed by atoms with van der Waals surface area (Å²) in [6, 6.07) is 57.4. The molecule has 0 bridgehead atoms. The Morgan fingerprint density at radius 1 is 0.636 bits per heavy atom. The molecular formula is C62H51BN2S. The first-order chi connectivity index (χ1) is 32.2. The highest BCUT2D eigenvalue weighted by molar-refractivity contribution is 8.02. The fourth-order valence-electron chi connectivity index (χ4n) is 15.5. The van der Waals surface area contributed by atoms with Crippen molar-refractivity contribution in [2.24, 2.45) is 5.92 Å². The van der Waals surface area contributed by atoms with Crippen molar-refractivity contribution in [3.8, 4) is 22.3 Å². The molecule has 0 amide bonds. The van der Waals surface area contributed by atoms with Crippen LogP contribution in [0.15, 0.2) is 179 Å². The van der Waals surface area contributed by atoms with Gasteiger partial charge in [-0.1, -0.05) is 154 Å². The summed E-state index contributed by atoms with van der Waals surface area (Å²) >= 11 is 2.12. The summed E-state index contributed by atoms with van der Waals surface area (Å²) in [5.74, 6) is 0.283. The van der Waals surface area contributed by atoms with Gasteiger partial charge in [-0.2, -0.15) is 0 Å². The average Bonchev–Trinajstić information content (AvgIpc) is 3.80. The lowest BCUT2D eigenvalue weighted by atomic mass is 9.33. The highest BCUT2D eigenvalue weighted by Gasteiger charge is 2.69. The largest absolute Gasteiger partial charge is 0.376 e. The van der Waals surface area contributed by atoms with Crippen molar-refractivity contribution in [1.82, 2.24) is 0 Å². The van der Waals surface area contributed by atoms with Crippen LogP contribution < -0.4 is 15.2 Å². The van der Waals surface area contributed by atoms with Crippen LogP contribution in [-0.4, -0.2) is 17.1 Å². The van der Waals surface area contributed by atoms with Crippen LogP contribution in [0.4, 0.5) is 22.7 Å². The highest BCUT2D eigenvalue weighted by Crippen LogP contribution is 2.73. The number of para-hydroxylation sites is 2. The quantitative estimate of drug-likeness (QED) is 0.129. The fraction of sp³-hybridized carbons (Fsp3) is 0.226. The second-order valence-electron chi connectivity index (χ2n) is 21.0. The molecule has 0 fully saturated rings. The van der Waals surface area contributed by atoms with Gasteiger partial charge in [0.05, 0.1) is 15.7 Å². The van der Waals surface area contributed by atoms with Crippen LogP contribution in [0.1, 0.15) is 92.0 Å². The second kappa shape index (κ2) is 12.4. The first kappa shape index (κ1) is 37.9. The average molecular weight is 867 g/mol. The number of hydrogen-bond acceptors (Lipinski definition) is 3. The Bertz CT molecular complexity index is 3470. The Hall–Kier alpha value is -6.23. The van der Waals surface area contributed by atoms with Gasteiger partial charge in [-0.15, -0.1) is 11.8 Å². The summed E-state index contributed by atoms with van der Waals surface area (Å²) in [5.41, 5.74) is 28.4. The van der Waals surface area contributed by atoms with Crippen LogP contribution in [0.25, 0.3) is 27.8 Å². The Balaban J connectivity index is 1.14. The van der Waals surface area contributed by atoms with Gasteiger partial charge in [0.2, 0.25) is 0 Å². The molecule has 4 atom stereocenters. The first-order valence-corrected chi connectivity index (χ1v) is 25.3. The minimum absolute atomic E-state index is 0.0677. The number of allylic oxidation sites excluding steroid dienone is 2. The zero-order valence-electron chi connectivity index (χ0n) is 38.6. The molecule has 4 heteroatoms. The number of hydrogen-bond donors (Lipinski definition) is 0. The van der Waals surface area contributed by atoms with Gasteiger partial charge >= 0.3 is 6.85 Å². The number of benzene rings is 7. The molecule has 0 saturated carbocycles. The Labute approximate surface area is 393 Å². The minimum atomic E-state index is -0.486. The molecule has 15 rings (SSSR count). The third-order valence-corrected chi connectivity index (χ3v) is 19.1. The van der Waals surface area contributed by atoms with E-state index in [0.29, 0.717) is 0 Å². The Morgan fingerprint density at radius 3 is 2.09 bits per heavy atom. The zero-order valence-corrected chi connectivity index (χ0v) is 39.4. The molecule has 5 aliphatic heterocycles. The van der Waals surface area contributed by atoms with Crippen LogP contribution >= 0.6 is 11.8 Å². The molecule has 0 saturated heterocycles. The highest BCUT2D eigenvalue weighted by atomic mass is 32.2. The van der Waals surface area contributed by atoms with Crippen molar-refractivity contribution in [1.29, 1.82) is 0 Å². The van der Waals surface area contributed by atoms with Gasteiger partial charge in [0.15, 0.2) is 0 Å². The van der Waals surface area contributed by atoms with Crippen molar-refractivity contribution in [2.45, 2.75) is 86.8 Å². The maximum atomic E-state index is 2.88. The van der Waals surface area contributed by atoms with E-state index >= 15 is 0 Å². The molecule has 7 aromatic carbocycles. The first-order valence-electron chi connectivity index (χ1n) is 24.4. The lowest BCUT2D eigenvalue weighted by molar-refractivity contribution is 0.461. The van der Waals surface area contributed by atoms with E-state index in [0.717, 1.165) is 6.42 Å². The van der Waals surface area contributed by atoms with E-state index in [9.17, 15) is 0 Å². The maximum Gasteiger partial charge on any atom is 0.329 e. The second-order valence-corrected chi connectivity index (χ2v) is 22.5. The number of anilines is 4. The molecule has 66 heavy (non-hydrogen) atoms. The number of rotatable bonds is 3. The van der Waals surface area contributed by atoms with E-state index in [1.807, 2.05) is 0 Å². The number of aryl methyl sites for hydroxylation is 2. The predicted molar refractivity (Wildman–Crippen MR) is 277 cm³/mol. The van der Waals surface area contributed by atoms with E-state index in [1.54, 1.807) is 16.6 Å². The van der Waals surface area contributed by atoms with E-state index in [-0.39, 0.29) is 22.9 Å². The summed E-state index contributed by atoms with van der Waals surface area (Å²) in [7, 11) is 0. The molecule has 4 unspecified atom stereocenters. The Kier molecular flexibility index (Phi) is 7.13. The smallest absolute Gasteiger partial charge is 0.329 e. The summed E-state index contributed by atoms with van der Waals surface area (Å²) in [6.45, 7) is 14.9. The van der Waals surface area contributed by atoms with Crippen molar-refractivity contribution >= 4 is 52.4 Å². The third kappa shape index (κ3) is 4.08. The van der Waals surface area contributed by atoms with Crippen molar-refractivity contribution in [2.75, 3.05) is 9.71 Å². The molecule has 8 aliphatic rings. The molecule has 3 aliphatic carbocycles. The van der Waals surface area contributed by atoms with Crippen LogP contribution in [0, 0.1) is 12.8 Å². The summed E-state index contributed by atoms with van der Waals surface area (Å²) < 4.78 is -0.273. The van der Waals surface area contributed by atoms with Crippen LogP contribution in [0.2, 0.25) is 0 Å². The molecular weight excluding hydrogens is 816 g/mol. The lowest BCUT2D eigenvalue weighted by Crippen LogP contribution is -2.71. The standard InChI is InChI=1S/C62H51BN2S/c1-7-8-18-38-29-30-49-48(35-38)59(4)32-31-37(3)53-57(59)60(5)58(54-42-21-11-16-28-52(42)66-61(53,54)6)63-55-43(33-36(2)34-51(55)64(49)60)41-22-17-26-47-56(41)65(63)50-27-15-14-25-46(50)62(47)44-23-12-9-19-39(44)40-20-10-13-24-45(40)62/h9-17,19-35,37H,7-8,18H2,1-6H3. The molecule has 2 nitrogen and oxygen atoms in total. The van der Waals surface area contributed by atoms with Crippen molar-refractivity contribution in [3.63, 3.8) is 0 Å². The predicted octanol–water partition coefficient (Wildman–Crippen LogP) is 14.6. The summed E-state index contributed by atoms with van der Waals surface area (Å²) in [6.07, 6.45) is 8.69. The van der Waals surface area contributed by atoms with Gasteiger partial charge in [0.1, 0.15) is 0 Å². The van der Waals surface area contributed by atoms with Gasteiger partial charge in [0.25, 0.3) is 0 Å². The number of unbranched alkanes of at least 4 members (excludes halogenated alkanes) is 1. The van der Waals surface area contributed by atoms with Crippen molar-refractivity contribution in [3.05, 3.63) is 219 Å². The maximum absolute atomic E-state index is 2.88. The Morgan fingerprint density at radius 2 is 1.32 bits per heavy atom. The molecule has 0 N–H and O–H groups in total. The van der Waals surface area contributed by atoms with Gasteiger partial charge in [0, 0.05) is 38.6 Å². The van der Waals surface area contributed by atoms with Gasteiger partial charge < -0.3 is 9.71 Å². The molecule has 0 aromatic heterocycles. The summed E-state index contributed by atoms with van der Waals surface area (Å²) in [4.78, 5) is 7.15. The summed E-state index contributed by atoms with van der Waals surface area (Å²) in [5, 5.41) is 0. The third-order valence-electron chi connectivity index (χ3n) is 17.7. The zero-order chi connectivity index (χ0) is 44.2. The monoisotopic (exact) mass is 866 g/mol. The van der Waals surface area contributed by atoms with Crippen LogP contribution in [0.5, 0.6) is 0 Å². The van der Waals surface area contributed by atoms with E-state index in [2.05, 4.69) is 221 Å². The minimum Gasteiger partial charge on any atom is -0.376 e. The van der Waals surface area contributed by atoms with Gasteiger partial charge in [-0.05, 0) is 160 Å². The van der Waals surface area contributed by atoms with Gasteiger partial charge in [-0.25, -0.2) is 0 Å². The molecule has 5 heterocycles. The SMILES string of the molecule is CCCCc1ccc2c(c1)C1(C)C=CC(C)C3=C1C1(C)C(=C4c5ccccc5SC43C)B3c4c(cc(C)cc4N21)-c1cccc2c1N3c1ccccc1C21c2ccccc2-c2ccccc21. The van der Waals surface area contributed by atoms with Crippen LogP contribution in [0.3, 0.4) is 0 Å². The number of fused-ring (bicyclic) bond motifs is 20. The fourth-order valence-corrected chi connectivity index (χ4v) is 17.1. The van der Waals surface area contributed by atoms with Gasteiger partial charge in [-0.3, -0.25) is 0 Å². The molecule has 0 radical (unpaired) electrons. The molecule has 318 valence electrons. The van der Waals surface area contributed by atoms with Crippen LogP contribution in [-0.2, 0) is 17.3 Å². The molecule has 1 spiro atoms. The lowest BCUT2D eigenvalue weighted by Gasteiger charge is -2.66. The van der Waals surface area contributed by atoms with E-state index in [1.165, 1.54) is 118 Å². The normalized spacial score (nSPS) is 25.1. The number of nitrogens with zero attached hydrogens (tertiary/aromatic N) is 2. The number of thioether (sulfide) groups is 1. The topological polar surface area (TPSA) is 6.48 Å². The van der Waals surface area contributed by atoms with Crippen molar-refractivity contribution < 1.29 is 0 Å². The van der Waals surface area contributed by atoms with E-state index in [4.69, 9.17) is 0 Å². The van der Waals surface area contributed by atoms with E-state index < -0.39 is 11.0 Å².